The van der Waals surface area contributed by atoms with Gasteiger partial charge in [0.25, 0.3) is 10.0 Å². The molecule has 1 aromatic rings. The third kappa shape index (κ3) is 3.46. The summed E-state index contributed by atoms with van der Waals surface area (Å²) in [6.45, 7) is 4.18. The van der Waals surface area contributed by atoms with E-state index in [-0.39, 0.29) is 11.1 Å². The molecule has 0 aliphatic heterocycles. The second kappa shape index (κ2) is 6.06. The van der Waals surface area contributed by atoms with Gasteiger partial charge in [0.2, 0.25) is 0 Å². The van der Waals surface area contributed by atoms with Crippen molar-refractivity contribution < 1.29 is 8.42 Å². The lowest BCUT2D eigenvalue weighted by molar-refractivity contribution is 0.386. The highest BCUT2D eigenvalue weighted by Crippen LogP contribution is 2.38. The standard InChI is InChI=1S/C14H24N4O2S/c1-2-7-15-8-12-9-16-17-14(12)21(19,20)18(13-5-6-13)10-11-3-4-11/h9,11,13,15H,2-8,10H2,1H3,(H,16,17). The fourth-order valence-electron chi connectivity index (χ4n) is 2.53. The second-order valence-corrected chi connectivity index (χ2v) is 7.98. The Morgan fingerprint density at radius 3 is 2.76 bits per heavy atom. The van der Waals surface area contributed by atoms with Crippen LogP contribution in [0.15, 0.2) is 11.2 Å². The summed E-state index contributed by atoms with van der Waals surface area (Å²) < 4.78 is 27.5. The zero-order valence-electron chi connectivity index (χ0n) is 12.5. The number of H-pyrrole nitrogens is 1. The number of nitrogens with one attached hydrogen (secondary N) is 2. The molecule has 6 nitrogen and oxygen atoms in total. The predicted octanol–water partition coefficient (Wildman–Crippen LogP) is 1.47. The third-order valence-electron chi connectivity index (χ3n) is 4.08. The van der Waals surface area contributed by atoms with Crippen LogP contribution in [0.25, 0.3) is 0 Å². The van der Waals surface area contributed by atoms with E-state index >= 15 is 0 Å². The van der Waals surface area contributed by atoms with E-state index in [0.717, 1.165) is 44.2 Å². The predicted molar refractivity (Wildman–Crippen MR) is 80.2 cm³/mol. The van der Waals surface area contributed by atoms with E-state index < -0.39 is 10.0 Å². The first-order chi connectivity index (χ1) is 10.1. The summed E-state index contributed by atoms with van der Waals surface area (Å²) in [6, 6.07) is 0.204. The fraction of sp³-hybridized carbons (Fsp3) is 0.786. The lowest BCUT2D eigenvalue weighted by Crippen LogP contribution is -2.36. The van der Waals surface area contributed by atoms with Crippen LogP contribution in [0.3, 0.4) is 0 Å². The summed E-state index contributed by atoms with van der Waals surface area (Å²) in [5, 5.41) is 10.2. The van der Waals surface area contributed by atoms with Crippen LogP contribution in [0.1, 0.15) is 44.6 Å². The molecule has 0 radical (unpaired) electrons. The van der Waals surface area contributed by atoms with Gasteiger partial charge in [-0.3, -0.25) is 5.10 Å². The van der Waals surface area contributed by atoms with Crippen molar-refractivity contribution in [2.75, 3.05) is 13.1 Å². The number of aromatic amines is 1. The van der Waals surface area contributed by atoms with Crippen LogP contribution >= 0.6 is 0 Å². The van der Waals surface area contributed by atoms with Gasteiger partial charge in [-0.2, -0.15) is 9.40 Å². The van der Waals surface area contributed by atoms with Gasteiger partial charge < -0.3 is 5.32 Å². The van der Waals surface area contributed by atoms with Crippen LogP contribution in [0.5, 0.6) is 0 Å². The van der Waals surface area contributed by atoms with Crippen molar-refractivity contribution in [3.8, 4) is 0 Å². The normalized spacial score (nSPS) is 19.3. The number of sulfonamides is 1. The summed E-state index contributed by atoms with van der Waals surface area (Å²) in [7, 11) is -3.44. The molecule has 7 heteroatoms. The molecule has 2 aliphatic rings. The number of nitrogens with zero attached hydrogens (tertiary/aromatic N) is 2. The van der Waals surface area contributed by atoms with Gasteiger partial charge in [-0.25, -0.2) is 8.42 Å². The average molecular weight is 312 g/mol. The number of hydrogen-bond acceptors (Lipinski definition) is 4. The molecule has 2 saturated carbocycles. The first kappa shape index (κ1) is 15.0. The second-order valence-electron chi connectivity index (χ2n) is 6.15. The smallest absolute Gasteiger partial charge is 0.260 e. The Hall–Kier alpha value is -0.920. The molecule has 1 aromatic heterocycles. The molecule has 3 rings (SSSR count). The van der Waals surface area contributed by atoms with Crippen molar-refractivity contribution >= 4 is 10.0 Å². The van der Waals surface area contributed by atoms with Gasteiger partial charge in [0, 0.05) is 24.7 Å². The lowest BCUT2D eigenvalue weighted by Gasteiger charge is -2.21. The minimum atomic E-state index is -3.44. The van der Waals surface area contributed by atoms with Crippen molar-refractivity contribution in [3.05, 3.63) is 11.8 Å². The highest BCUT2D eigenvalue weighted by molar-refractivity contribution is 7.89. The van der Waals surface area contributed by atoms with Gasteiger partial charge in [-0.1, -0.05) is 6.92 Å². The van der Waals surface area contributed by atoms with Gasteiger partial charge in [-0.15, -0.1) is 0 Å². The Morgan fingerprint density at radius 2 is 2.14 bits per heavy atom. The third-order valence-corrected chi connectivity index (χ3v) is 6.01. The van der Waals surface area contributed by atoms with Crippen molar-refractivity contribution in [2.45, 2.75) is 56.6 Å². The van der Waals surface area contributed by atoms with Crippen LogP contribution in [-0.2, 0) is 16.6 Å². The summed E-state index contributed by atoms with van der Waals surface area (Å²) in [5.74, 6) is 0.560. The first-order valence-corrected chi connectivity index (χ1v) is 9.31. The van der Waals surface area contributed by atoms with Crippen LogP contribution in [0, 0.1) is 5.92 Å². The number of rotatable bonds is 9. The Labute approximate surface area is 126 Å². The Kier molecular flexibility index (Phi) is 4.33. The van der Waals surface area contributed by atoms with E-state index in [0.29, 0.717) is 19.0 Å². The molecule has 0 unspecified atom stereocenters. The molecule has 0 aromatic carbocycles. The molecule has 2 aliphatic carbocycles. The zero-order valence-corrected chi connectivity index (χ0v) is 13.3. The summed E-state index contributed by atoms with van der Waals surface area (Å²) in [4.78, 5) is 0. The highest BCUT2D eigenvalue weighted by Gasteiger charge is 2.42. The van der Waals surface area contributed by atoms with Crippen molar-refractivity contribution in [1.82, 2.24) is 19.8 Å². The van der Waals surface area contributed by atoms with Crippen LogP contribution < -0.4 is 5.32 Å². The molecule has 0 bridgehead atoms. The topological polar surface area (TPSA) is 78.1 Å². The molecule has 1 heterocycles. The minimum Gasteiger partial charge on any atom is -0.313 e. The molecule has 0 spiro atoms. The van der Waals surface area contributed by atoms with E-state index in [1.54, 1.807) is 10.5 Å². The SMILES string of the molecule is CCCNCc1cn[nH]c1S(=O)(=O)N(CC1CC1)C1CC1. The van der Waals surface area contributed by atoms with Gasteiger partial charge in [-0.05, 0) is 44.6 Å². The fourth-order valence-corrected chi connectivity index (χ4v) is 4.40. The molecule has 0 atom stereocenters. The Balaban J connectivity index is 1.77. The van der Waals surface area contributed by atoms with Gasteiger partial charge in [0.05, 0.1) is 6.20 Å². The molecule has 0 amide bonds. The maximum absolute atomic E-state index is 12.9. The quantitative estimate of drug-likeness (QED) is 0.677. The maximum Gasteiger partial charge on any atom is 0.260 e. The molecule has 21 heavy (non-hydrogen) atoms. The van der Waals surface area contributed by atoms with E-state index in [9.17, 15) is 8.42 Å². The monoisotopic (exact) mass is 312 g/mol. The Bertz CT molecular complexity index is 576. The lowest BCUT2D eigenvalue weighted by atomic mass is 10.3. The van der Waals surface area contributed by atoms with E-state index in [4.69, 9.17) is 0 Å². The van der Waals surface area contributed by atoms with E-state index in [1.165, 1.54) is 0 Å². The largest absolute Gasteiger partial charge is 0.313 e. The first-order valence-electron chi connectivity index (χ1n) is 7.87. The van der Waals surface area contributed by atoms with Crippen molar-refractivity contribution in [1.29, 1.82) is 0 Å². The molecular formula is C14H24N4O2S. The summed E-state index contributed by atoms with van der Waals surface area (Å²) in [5.41, 5.74) is 0.741. The van der Waals surface area contributed by atoms with Crippen LogP contribution in [0.2, 0.25) is 0 Å². The number of aromatic nitrogens is 2. The Morgan fingerprint density at radius 1 is 1.38 bits per heavy atom. The minimum absolute atomic E-state index is 0.204. The average Bonchev–Trinajstić information content (AvgIpc) is 3.36. The van der Waals surface area contributed by atoms with Crippen LogP contribution in [-0.4, -0.2) is 42.1 Å². The molecule has 0 saturated heterocycles. The molecule has 2 fully saturated rings. The van der Waals surface area contributed by atoms with E-state index in [1.807, 2.05) is 0 Å². The van der Waals surface area contributed by atoms with Gasteiger partial charge >= 0.3 is 0 Å². The zero-order chi connectivity index (χ0) is 14.9. The molecule has 2 N–H and O–H groups in total. The van der Waals surface area contributed by atoms with Gasteiger partial charge in [0.15, 0.2) is 5.03 Å². The summed E-state index contributed by atoms with van der Waals surface area (Å²) >= 11 is 0. The van der Waals surface area contributed by atoms with Crippen molar-refractivity contribution in [3.63, 3.8) is 0 Å². The molecule has 118 valence electrons. The van der Waals surface area contributed by atoms with Crippen molar-refractivity contribution in [2.24, 2.45) is 5.92 Å². The molecular weight excluding hydrogens is 288 g/mol. The van der Waals surface area contributed by atoms with Gasteiger partial charge in [0.1, 0.15) is 0 Å². The highest BCUT2D eigenvalue weighted by atomic mass is 32.2. The maximum atomic E-state index is 12.9. The summed E-state index contributed by atoms with van der Waals surface area (Å²) in [6.07, 6.45) is 6.94. The number of hydrogen-bond donors (Lipinski definition) is 2. The van der Waals surface area contributed by atoms with Crippen LogP contribution in [0.4, 0.5) is 0 Å². The van der Waals surface area contributed by atoms with E-state index in [2.05, 4.69) is 22.4 Å².